The molecule has 0 atom stereocenters. The molecule has 0 aliphatic carbocycles. The second-order valence-corrected chi connectivity index (χ2v) is 2.54. The van der Waals surface area contributed by atoms with Crippen LogP contribution >= 0.6 is 0 Å². The van der Waals surface area contributed by atoms with Crippen molar-refractivity contribution in [3.05, 3.63) is 30.9 Å². The van der Waals surface area contributed by atoms with E-state index in [0.29, 0.717) is 0 Å². The summed E-state index contributed by atoms with van der Waals surface area (Å²) < 4.78 is 7.23. The maximum Gasteiger partial charge on any atom is 0.154 e. The highest BCUT2D eigenvalue weighted by molar-refractivity contribution is 5.91. The van der Waals surface area contributed by atoms with Crippen molar-refractivity contribution in [1.29, 1.82) is 0 Å². The van der Waals surface area contributed by atoms with E-state index in [1.165, 1.54) is 0 Å². The van der Waals surface area contributed by atoms with Crippen molar-refractivity contribution in [2.75, 3.05) is 0 Å². The second-order valence-electron chi connectivity index (χ2n) is 2.54. The molecular weight excluding hydrogens is 140 g/mol. The van der Waals surface area contributed by atoms with E-state index in [1.54, 1.807) is 6.26 Å². The Kier molecular flexibility index (Phi) is 0.692. The van der Waals surface area contributed by atoms with Crippen LogP contribution in [-0.2, 0) is 0 Å². The molecule has 11 heavy (non-hydrogen) atoms. The average Bonchev–Trinajstić information content (AvgIpc) is 2.52. The van der Waals surface area contributed by atoms with E-state index in [2.05, 4.69) is 4.98 Å². The number of aromatic amines is 1. The number of furan rings is 1. The summed E-state index contributed by atoms with van der Waals surface area (Å²) in [6.07, 6.45) is 7.53. The fourth-order valence-corrected chi connectivity index (χ4v) is 1.41. The fraction of sp³-hybridized carbons (Fsp3) is 0. The highest BCUT2D eigenvalue weighted by atomic mass is 16.3. The summed E-state index contributed by atoms with van der Waals surface area (Å²) in [6.45, 7) is 0. The van der Waals surface area contributed by atoms with Gasteiger partial charge in [-0.15, -0.1) is 0 Å². The molecule has 0 saturated heterocycles. The number of nitrogens with zero attached hydrogens (tertiary/aromatic N) is 1. The molecule has 0 aliphatic rings. The molecule has 0 unspecified atom stereocenters. The van der Waals surface area contributed by atoms with Crippen LogP contribution in [0.3, 0.4) is 0 Å². The number of hydrogen-bond donors (Lipinski definition) is 1. The fourth-order valence-electron chi connectivity index (χ4n) is 1.41. The van der Waals surface area contributed by atoms with Crippen LogP contribution in [0.25, 0.3) is 16.6 Å². The number of rotatable bonds is 0. The smallest absolute Gasteiger partial charge is 0.154 e. The van der Waals surface area contributed by atoms with E-state index in [0.717, 1.165) is 16.6 Å². The quantitative estimate of drug-likeness (QED) is 0.517. The lowest BCUT2D eigenvalue weighted by Gasteiger charge is -1.77. The Bertz CT molecular complexity index is 455. The van der Waals surface area contributed by atoms with Gasteiger partial charge in [-0.25, -0.2) is 0 Å². The molecule has 3 aromatic heterocycles. The molecule has 3 rings (SSSR count). The normalized spacial score (nSPS) is 11.6. The molecule has 3 heteroatoms. The highest BCUT2D eigenvalue weighted by Gasteiger charge is 2.04. The van der Waals surface area contributed by atoms with Gasteiger partial charge in [0.05, 0.1) is 17.8 Å². The lowest BCUT2D eigenvalue weighted by Crippen LogP contribution is -1.69. The number of imidazole rings is 1. The molecular formula is C8H6N2O. The first kappa shape index (κ1) is 5.07. The predicted molar refractivity (Wildman–Crippen MR) is 41.5 cm³/mol. The van der Waals surface area contributed by atoms with Crippen molar-refractivity contribution in [3.63, 3.8) is 0 Å². The minimum Gasteiger partial charge on any atom is -0.463 e. The van der Waals surface area contributed by atoms with Gasteiger partial charge in [0.15, 0.2) is 5.58 Å². The molecule has 0 aliphatic heterocycles. The van der Waals surface area contributed by atoms with Crippen molar-refractivity contribution in [2.45, 2.75) is 0 Å². The van der Waals surface area contributed by atoms with Crippen LogP contribution in [0.15, 0.2) is 35.3 Å². The Morgan fingerprint density at radius 1 is 1.45 bits per heavy atom. The lowest BCUT2D eigenvalue weighted by molar-refractivity contribution is 0.615. The Morgan fingerprint density at radius 2 is 2.45 bits per heavy atom. The monoisotopic (exact) mass is 146 g/mol. The van der Waals surface area contributed by atoms with Crippen LogP contribution in [0.1, 0.15) is 0 Å². The van der Waals surface area contributed by atoms with E-state index < -0.39 is 0 Å². The summed E-state index contributed by atoms with van der Waals surface area (Å²) in [5.74, 6) is 0. The minimum absolute atomic E-state index is 0.928. The second kappa shape index (κ2) is 1.50. The zero-order chi connectivity index (χ0) is 7.26. The summed E-state index contributed by atoms with van der Waals surface area (Å²) in [5.41, 5.74) is 2.02. The summed E-state index contributed by atoms with van der Waals surface area (Å²) in [6, 6.07) is 1.96. The zero-order valence-electron chi connectivity index (χ0n) is 5.74. The summed E-state index contributed by atoms with van der Waals surface area (Å²) in [5, 5.41) is 1.13. The van der Waals surface area contributed by atoms with Crippen LogP contribution in [0.2, 0.25) is 0 Å². The SMILES string of the molecule is c1cn2cc3occc3c2[nH]1. The number of H-pyrrole nitrogens is 1. The van der Waals surface area contributed by atoms with E-state index in [9.17, 15) is 0 Å². The molecule has 0 aromatic carbocycles. The molecule has 3 aromatic rings. The Hall–Kier alpha value is -1.64. The average molecular weight is 146 g/mol. The van der Waals surface area contributed by atoms with E-state index in [-0.39, 0.29) is 0 Å². The third kappa shape index (κ3) is 0.487. The van der Waals surface area contributed by atoms with Crippen LogP contribution in [0.4, 0.5) is 0 Å². The van der Waals surface area contributed by atoms with E-state index in [4.69, 9.17) is 4.42 Å². The molecule has 3 heterocycles. The molecule has 54 valence electrons. The van der Waals surface area contributed by atoms with Crippen molar-refractivity contribution in [1.82, 2.24) is 9.38 Å². The largest absolute Gasteiger partial charge is 0.463 e. The summed E-state index contributed by atoms with van der Waals surface area (Å²) >= 11 is 0. The Labute approximate surface area is 62.2 Å². The molecule has 0 bridgehead atoms. The number of fused-ring (bicyclic) bond motifs is 3. The van der Waals surface area contributed by atoms with E-state index >= 15 is 0 Å². The van der Waals surface area contributed by atoms with Crippen molar-refractivity contribution in [2.24, 2.45) is 0 Å². The first-order valence-corrected chi connectivity index (χ1v) is 3.46. The third-order valence-corrected chi connectivity index (χ3v) is 1.92. The first-order valence-electron chi connectivity index (χ1n) is 3.46. The summed E-state index contributed by atoms with van der Waals surface area (Å²) in [7, 11) is 0. The molecule has 3 nitrogen and oxygen atoms in total. The van der Waals surface area contributed by atoms with Crippen molar-refractivity contribution in [3.8, 4) is 0 Å². The topological polar surface area (TPSA) is 33.3 Å². The van der Waals surface area contributed by atoms with Crippen molar-refractivity contribution < 1.29 is 4.42 Å². The maximum absolute atomic E-state index is 5.22. The van der Waals surface area contributed by atoms with Gasteiger partial charge in [-0.3, -0.25) is 0 Å². The predicted octanol–water partition coefficient (Wildman–Crippen LogP) is 2.01. The molecule has 0 saturated carbocycles. The van der Waals surface area contributed by atoms with Gasteiger partial charge in [-0.1, -0.05) is 0 Å². The third-order valence-electron chi connectivity index (χ3n) is 1.92. The standard InChI is InChI=1S/C8H6N2O/c1-4-11-7-5-10-3-2-9-8(10)6(1)7/h1-5,9H. The van der Waals surface area contributed by atoms with Gasteiger partial charge >= 0.3 is 0 Å². The Balaban J connectivity index is 2.75. The van der Waals surface area contributed by atoms with Gasteiger partial charge in [-0.2, -0.15) is 0 Å². The Morgan fingerprint density at radius 3 is 3.45 bits per heavy atom. The molecule has 0 radical (unpaired) electrons. The molecule has 1 N–H and O–H groups in total. The van der Waals surface area contributed by atoms with Crippen LogP contribution < -0.4 is 0 Å². The van der Waals surface area contributed by atoms with Gasteiger partial charge in [0.25, 0.3) is 0 Å². The molecule has 0 fully saturated rings. The van der Waals surface area contributed by atoms with Gasteiger partial charge in [0.1, 0.15) is 5.65 Å². The lowest BCUT2D eigenvalue weighted by atomic mass is 10.4. The maximum atomic E-state index is 5.22. The van der Waals surface area contributed by atoms with Crippen LogP contribution in [0, 0.1) is 0 Å². The van der Waals surface area contributed by atoms with Crippen LogP contribution in [0.5, 0.6) is 0 Å². The highest BCUT2D eigenvalue weighted by Crippen LogP contribution is 2.20. The number of hydrogen-bond acceptors (Lipinski definition) is 1. The number of aromatic nitrogens is 2. The van der Waals surface area contributed by atoms with Gasteiger partial charge in [0, 0.05) is 12.4 Å². The number of nitrogens with one attached hydrogen (secondary N) is 1. The first-order chi connectivity index (χ1) is 5.45. The van der Waals surface area contributed by atoms with Crippen molar-refractivity contribution >= 4 is 16.6 Å². The molecule has 0 spiro atoms. The van der Waals surface area contributed by atoms with Gasteiger partial charge in [-0.05, 0) is 6.07 Å². The van der Waals surface area contributed by atoms with E-state index in [1.807, 2.05) is 29.1 Å². The van der Waals surface area contributed by atoms with Crippen LogP contribution in [-0.4, -0.2) is 9.38 Å². The summed E-state index contributed by atoms with van der Waals surface area (Å²) in [4.78, 5) is 3.13. The molecule has 0 amide bonds. The van der Waals surface area contributed by atoms with Gasteiger partial charge in [0.2, 0.25) is 0 Å². The minimum atomic E-state index is 0.928. The zero-order valence-corrected chi connectivity index (χ0v) is 5.74. The van der Waals surface area contributed by atoms with Gasteiger partial charge < -0.3 is 13.8 Å².